The molecule has 0 N–H and O–H groups in total. The Bertz CT molecular complexity index is 717. The summed E-state index contributed by atoms with van der Waals surface area (Å²) in [5.41, 5.74) is 0.115. The van der Waals surface area contributed by atoms with E-state index in [0.29, 0.717) is 49.4 Å². The minimum atomic E-state index is -0.449. The van der Waals surface area contributed by atoms with E-state index in [1.165, 1.54) is 12.3 Å². The van der Waals surface area contributed by atoms with Crippen molar-refractivity contribution in [1.82, 2.24) is 4.90 Å². The maximum absolute atomic E-state index is 12.8. The molecule has 0 aromatic heterocycles. The maximum Gasteiger partial charge on any atom is 0.253 e. The zero-order valence-corrected chi connectivity index (χ0v) is 15.5. The summed E-state index contributed by atoms with van der Waals surface area (Å²) in [5, 5.41) is 0. The van der Waals surface area contributed by atoms with Crippen LogP contribution in [-0.4, -0.2) is 48.5 Å². The lowest BCUT2D eigenvalue weighted by atomic mass is 9.85. The van der Waals surface area contributed by atoms with Gasteiger partial charge in [0.25, 0.3) is 5.91 Å². The average Bonchev–Trinajstić information content (AvgIpc) is 2.61. The van der Waals surface area contributed by atoms with Gasteiger partial charge in [-0.3, -0.25) is 9.59 Å². The predicted molar refractivity (Wildman–Crippen MR) is 96.5 cm³/mol. The molecule has 0 saturated carbocycles. The van der Waals surface area contributed by atoms with Crippen LogP contribution in [0.5, 0.6) is 11.5 Å². The molecule has 1 aromatic carbocycles. The van der Waals surface area contributed by atoms with Gasteiger partial charge in [-0.25, -0.2) is 0 Å². The number of nitrogens with zero attached hydrogens (tertiary/aromatic N) is 1. The molecule has 3 rings (SSSR count). The standard InChI is InChI=1S/C20H25NO5/c1-14(2)26-17-5-4-15(12-18(17)24-3)19(23)21-9-7-20(8-10-21)13-16(22)6-11-25-20/h4-6,11-12,14H,7-10,13H2,1-3H3. The first kappa shape index (κ1) is 18.3. The first-order valence-electron chi connectivity index (χ1n) is 8.94. The summed E-state index contributed by atoms with van der Waals surface area (Å²) in [6, 6.07) is 5.25. The number of hydrogen-bond donors (Lipinski definition) is 0. The molecule has 1 aromatic rings. The van der Waals surface area contributed by atoms with Crippen LogP contribution in [0.3, 0.4) is 0 Å². The molecular weight excluding hydrogens is 334 g/mol. The van der Waals surface area contributed by atoms with Gasteiger partial charge in [0.05, 0.1) is 25.9 Å². The first-order valence-corrected chi connectivity index (χ1v) is 8.94. The molecule has 0 unspecified atom stereocenters. The molecule has 2 heterocycles. The van der Waals surface area contributed by atoms with E-state index in [-0.39, 0.29) is 17.8 Å². The monoisotopic (exact) mass is 359 g/mol. The zero-order valence-electron chi connectivity index (χ0n) is 15.5. The Kier molecular flexibility index (Phi) is 5.20. The van der Waals surface area contributed by atoms with E-state index in [9.17, 15) is 9.59 Å². The second-order valence-corrected chi connectivity index (χ2v) is 7.07. The van der Waals surface area contributed by atoms with Crippen LogP contribution in [-0.2, 0) is 9.53 Å². The topological polar surface area (TPSA) is 65.1 Å². The van der Waals surface area contributed by atoms with Crippen molar-refractivity contribution in [2.75, 3.05) is 20.2 Å². The van der Waals surface area contributed by atoms with Gasteiger partial charge in [-0.1, -0.05) is 0 Å². The Morgan fingerprint density at radius 2 is 1.96 bits per heavy atom. The summed E-state index contributed by atoms with van der Waals surface area (Å²) < 4.78 is 16.8. The quantitative estimate of drug-likeness (QED) is 0.827. The van der Waals surface area contributed by atoms with Crippen molar-refractivity contribution in [3.8, 4) is 11.5 Å². The lowest BCUT2D eigenvalue weighted by Crippen LogP contribution is -2.49. The van der Waals surface area contributed by atoms with Gasteiger partial charge in [-0.05, 0) is 32.0 Å². The highest BCUT2D eigenvalue weighted by molar-refractivity contribution is 5.95. The average molecular weight is 359 g/mol. The van der Waals surface area contributed by atoms with Crippen molar-refractivity contribution in [3.63, 3.8) is 0 Å². The van der Waals surface area contributed by atoms with E-state index in [1.54, 1.807) is 30.2 Å². The number of piperidine rings is 1. The first-order chi connectivity index (χ1) is 12.4. The lowest BCUT2D eigenvalue weighted by Gasteiger charge is -2.41. The Labute approximate surface area is 153 Å². The van der Waals surface area contributed by atoms with Crippen molar-refractivity contribution in [2.45, 2.75) is 44.8 Å². The molecule has 26 heavy (non-hydrogen) atoms. The van der Waals surface area contributed by atoms with Crippen LogP contribution < -0.4 is 9.47 Å². The van der Waals surface area contributed by atoms with E-state index in [1.807, 2.05) is 13.8 Å². The van der Waals surface area contributed by atoms with Crippen LogP contribution in [0, 0.1) is 0 Å². The number of allylic oxidation sites excluding steroid dienone is 1. The third-order valence-electron chi connectivity index (χ3n) is 4.80. The molecule has 1 saturated heterocycles. The highest BCUT2D eigenvalue weighted by Gasteiger charge is 2.40. The van der Waals surface area contributed by atoms with Crippen LogP contribution >= 0.6 is 0 Å². The molecule has 1 fully saturated rings. The van der Waals surface area contributed by atoms with Crippen LogP contribution in [0.15, 0.2) is 30.5 Å². The minimum absolute atomic E-state index is 0.0241. The predicted octanol–water partition coefficient (Wildman–Crippen LogP) is 2.96. The number of rotatable bonds is 4. The van der Waals surface area contributed by atoms with Gasteiger partial charge in [0.15, 0.2) is 17.3 Å². The summed E-state index contributed by atoms with van der Waals surface area (Å²) in [6.07, 6.45) is 4.68. The van der Waals surface area contributed by atoms with E-state index in [0.717, 1.165) is 0 Å². The molecular formula is C20H25NO5. The second-order valence-electron chi connectivity index (χ2n) is 7.07. The van der Waals surface area contributed by atoms with Gasteiger partial charge < -0.3 is 19.1 Å². The smallest absolute Gasteiger partial charge is 0.253 e. The molecule has 6 heteroatoms. The van der Waals surface area contributed by atoms with Crippen LogP contribution in [0.1, 0.15) is 43.5 Å². The summed E-state index contributed by atoms with van der Waals surface area (Å²) in [6.45, 7) is 5.00. The Morgan fingerprint density at radius 1 is 1.23 bits per heavy atom. The number of benzene rings is 1. The molecule has 140 valence electrons. The van der Waals surface area contributed by atoms with Crippen molar-refractivity contribution >= 4 is 11.7 Å². The number of likely N-dealkylation sites (tertiary alicyclic amines) is 1. The highest BCUT2D eigenvalue weighted by atomic mass is 16.5. The fourth-order valence-corrected chi connectivity index (χ4v) is 3.42. The van der Waals surface area contributed by atoms with E-state index < -0.39 is 5.60 Å². The normalized spacial score (nSPS) is 18.8. The van der Waals surface area contributed by atoms with Gasteiger partial charge in [-0.15, -0.1) is 0 Å². The Balaban J connectivity index is 1.68. The number of amides is 1. The number of carbonyl (C=O) groups excluding carboxylic acids is 2. The van der Waals surface area contributed by atoms with Crippen LogP contribution in [0.25, 0.3) is 0 Å². The van der Waals surface area contributed by atoms with E-state index >= 15 is 0 Å². The molecule has 2 aliphatic rings. The maximum atomic E-state index is 12.8. The summed E-state index contributed by atoms with van der Waals surface area (Å²) in [7, 11) is 1.56. The molecule has 0 radical (unpaired) electrons. The minimum Gasteiger partial charge on any atom is -0.494 e. The third-order valence-corrected chi connectivity index (χ3v) is 4.80. The van der Waals surface area contributed by atoms with Gasteiger partial charge in [0, 0.05) is 37.6 Å². The van der Waals surface area contributed by atoms with Crippen molar-refractivity contribution in [2.24, 2.45) is 0 Å². The Morgan fingerprint density at radius 3 is 2.58 bits per heavy atom. The van der Waals surface area contributed by atoms with Gasteiger partial charge >= 0.3 is 0 Å². The summed E-state index contributed by atoms with van der Waals surface area (Å²) >= 11 is 0. The van der Waals surface area contributed by atoms with Gasteiger partial charge in [-0.2, -0.15) is 0 Å². The molecule has 0 atom stereocenters. The van der Waals surface area contributed by atoms with E-state index in [4.69, 9.17) is 14.2 Å². The van der Waals surface area contributed by atoms with Gasteiger partial charge in [0.2, 0.25) is 0 Å². The number of hydrogen-bond acceptors (Lipinski definition) is 5. The molecule has 2 aliphatic heterocycles. The fraction of sp³-hybridized carbons (Fsp3) is 0.500. The van der Waals surface area contributed by atoms with E-state index in [2.05, 4.69) is 0 Å². The largest absolute Gasteiger partial charge is 0.494 e. The van der Waals surface area contributed by atoms with Crippen molar-refractivity contribution in [1.29, 1.82) is 0 Å². The van der Waals surface area contributed by atoms with Crippen molar-refractivity contribution in [3.05, 3.63) is 36.1 Å². The summed E-state index contributed by atoms with van der Waals surface area (Å²) in [5.74, 6) is 1.20. The number of methoxy groups -OCH3 is 1. The molecule has 1 spiro atoms. The zero-order chi connectivity index (χ0) is 18.7. The number of carbonyl (C=O) groups is 2. The van der Waals surface area contributed by atoms with Crippen molar-refractivity contribution < 1.29 is 23.8 Å². The lowest BCUT2D eigenvalue weighted by molar-refractivity contribution is -0.125. The van der Waals surface area contributed by atoms with Gasteiger partial charge in [0.1, 0.15) is 5.60 Å². The Hall–Kier alpha value is -2.50. The molecule has 6 nitrogen and oxygen atoms in total. The second kappa shape index (κ2) is 7.40. The highest BCUT2D eigenvalue weighted by Crippen LogP contribution is 2.34. The molecule has 0 aliphatic carbocycles. The number of ketones is 1. The SMILES string of the molecule is COc1cc(C(=O)N2CCC3(CC2)CC(=O)C=CO3)ccc1OC(C)C. The van der Waals surface area contributed by atoms with Crippen LogP contribution in [0.4, 0.5) is 0 Å². The third kappa shape index (κ3) is 3.84. The summed E-state index contributed by atoms with van der Waals surface area (Å²) in [4.78, 5) is 26.3. The van der Waals surface area contributed by atoms with Crippen LogP contribution in [0.2, 0.25) is 0 Å². The molecule has 1 amide bonds. The molecule has 0 bridgehead atoms. The number of ether oxygens (including phenoxy) is 3. The fourth-order valence-electron chi connectivity index (χ4n) is 3.42.